The Kier molecular flexibility index (Phi) is 5.91. The maximum absolute atomic E-state index is 12.0. The molecule has 1 aromatic rings. The molecule has 1 aromatic carbocycles. The summed E-state index contributed by atoms with van der Waals surface area (Å²) < 4.78 is 31.7. The molecule has 0 fully saturated rings. The van der Waals surface area contributed by atoms with Gasteiger partial charge in [-0.3, -0.25) is 0 Å². The van der Waals surface area contributed by atoms with Crippen molar-refractivity contribution in [2.45, 2.75) is 31.6 Å². The molecule has 0 aliphatic heterocycles. The van der Waals surface area contributed by atoms with Gasteiger partial charge in [0.2, 0.25) is 10.0 Å². The van der Waals surface area contributed by atoms with Crippen LogP contribution in [0.25, 0.3) is 0 Å². The zero-order valence-electron chi connectivity index (χ0n) is 10.6. The highest BCUT2D eigenvalue weighted by Crippen LogP contribution is 2.27. The molecule has 1 rings (SSSR count). The predicted molar refractivity (Wildman–Crippen MR) is 72.7 cm³/mol. The van der Waals surface area contributed by atoms with Crippen molar-refractivity contribution in [3.05, 3.63) is 23.2 Å². The van der Waals surface area contributed by atoms with E-state index in [1.807, 2.05) is 13.8 Å². The zero-order valence-corrected chi connectivity index (χ0v) is 12.1. The molecule has 4 nitrogen and oxygen atoms in total. The van der Waals surface area contributed by atoms with Crippen molar-refractivity contribution in [2.24, 2.45) is 0 Å². The van der Waals surface area contributed by atoms with Crippen molar-refractivity contribution < 1.29 is 13.2 Å². The third-order valence-corrected chi connectivity index (χ3v) is 4.11. The van der Waals surface area contributed by atoms with Crippen LogP contribution in [0.1, 0.15) is 26.7 Å². The summed E-state index contributed by atoms with van der Waals surface area (Å²) in [5.41, 5.74) is 0. The Morgan fingerprint density at radius 1 is 1.33 bits per heavy atom. The largest absolute Gasteiger partial charge is 0.492 e. The highest BCUT2D eigenvalue weighted by atomic mass is 35.5. The first kappa shape index (κ1) is 15.3. The van der Waals surface area contributed by atoms with Gasteiger partial charge in [0.25, 0.3) is 0 Å². The van der Waals surface area contributed by atoms with Crippen molar-refractivity contribution >= 4 is 21.6 Å². The highest BCUT2D eigenvalue weighted by molar-refractivity contribution is 7.89. The molecule has 0 atom stereocenters. The lowest BCUT2D eigenvalue weighted by molar-refractivity contribution is 0.339. The monoisotopic (exact) mass is 291 g/mol. The maximum Gasteiger partial charge on any atom is 0.240 e. The van der Waals surface area contributed by atoms with Crippen molar-refractivity contribution in [3.63, 3.8) is 0 Å². The van der Waals surface area contributed by atoms with E-state index < -0.39 is 10.0 Å². The van der Waals surface area contributed by atoms with Crippen LogP contribution < -0.4 is 9.46 Å². The molecule has 0 unspecified atom stereocenters. The van der Waals surface area contributed by atoms with Gasteiger partial charge in [-0.15, -0.1) is 0 Å². The number of hydrogen-bond acceptors (Lipinski definition) is 3. The summed E-state index contributed by atoms with van der Waals surface area (Å²) in [7, 11) is -3.48. The van der Waals surface area contributed by atoms with E-state index >= 15 is 0 Å². The summed E-state index contributed by atoms with van der Waals surface area (Å²) in [5, 5.41) is 0.407. The van der Waals surface area contributed by atoms with Crippen molar-refractivity contribution in [2.75, 3.05) is 13.2 Å². The molecule has 0 heterocycles. The Hall–Kier alpha value is -0.780. The van der Waals surface area contributed by atoms with E-state index in [0.717, 1.165) is 12.8 Å². The van der Waals surface area contributed by atoms with Crippen LogP contribution in [0.5, 0.6) is 5.75 Å². The summed E-state index contributed by atoms with van der Waals surface area (Å²) in [6, 6.07) is 4.44. The molecule has 1 N–H and O–H groups in total. The summed E-state index contributed by atoms with van der Waals surface area (Å²) in [6.07, 6.45) is 1.75. The van der Waals surface area contributed by atoms with Gasteiger partial charge in [-0.1, -0.05) is 24.9 Å². The minimum Gasteiger partial charge on any atom is -0.492 e. The van der Waals surface area contributed by atoms with E-state index in [-0.39, 0.29) is 4.90 Å². The second-order valence-electron chi connectivity index (χ2n) is 3.78. The first-order chi connectivity index (χ1) is 8.51. The van der Waals surface area contributed by atoms with E-state index in [2.05, 4.69) is 4.72 Å². The SMILES string of the molecule is CCCCNS(=O)(=O)c1ccc(Cl)c(OCC)c1. The van der Waals surface area contributed by atoms with Crippen LogP contribution in [-0.4, -0.2) is 21.6 Å². The fourth-order valence-electron chi connectivity index (χ4n) is 1.38. The quantitative estimate of drug-likeness (QED) is 0.786. The van der Waals surface area contributed by atoms with Gasteiger partial charge in [-0.05, 0) is 25.5 Å². The predicted octanol–water partition coefficient (Wildman–Crippen LogP) is 2.82. The smallest absolute Gasteiger partial charge is 0.240 e. The van der Waals surface area contributed by atoms with Gasteiger partial charge in [-0.2, -0.15) is 0 Å². The number of halogens is 1. The summed E-state index contributed by atoms with van der Waals surface area (Å²) in [6.45, 7) is 4.69. The van der Waals surface area contributed by atoms with Gasteiger partial charge >= 0.3 is 0 Å². The normalized spacial score (nSPS) is 11.5. The van der Waals surface area contributed by atoms with Gasteiger partial charge in [0, 0.05) is 12.6 Å². The van der Waals surface area contributed by atoms with Gasteiger partial charge in [-0.25, -0.2) is 13.1 Å². The van der Waals surface area contributed by atoms with Crippen LogP contribution in [0.4, 0.5) is 0 Å². The average molecular weight is 292 g/mol. The molecule has 0 radical (unpaired) electrons. The first-order valence-corrected chi connectivity index (χ1v) is 7.79. The number of sulfonamides is 1. The topological polar surface area (TPSA) is 55.4 Å². The lowest BCUT2D eigenvalue weighted by Crippen LogP contribution is -2.24. The Morgan fingerprint density at radius 3 is 2.67 bits per heavy atom. The van der Waals surface area contributed by atoms with Gasteiger partial charge in [0.15, 0.2) is 0 Å². The highest BCUT2D eigenvalue weighted by Gasteiger charge is 2.15. The van der Waals surface area contributed by atoms with Crippen molar-refractivity contribution in [3.8, 4) is 5.75 Å². The fraction of sp³-hybridized carbons (Fsp3) is 0.500. The molecule has 0 amide bonds. The minimum absolute atomic E-state index is 0.173. The van der Waals surface area contributed by atoms with E-state index in [1.165, 1.54) is 18.2 Å². The molecule has 0 spiro atoms. The van der Waals surface area contributed by atoms with Crippen LogP contribution >= 0.6 is 11.6 Å². The number of unbranched alkanes of at least 4 members (excludes halogenated alkanes) is 1. The van der Waals surface area contributed by atoms with Crippen LogP contribution in [0.3, 0.4) is 0 Å². The van der Waals surface area contributed by atoms with E-state index in [4.69, 9.17) is 16.3 Å². The molecule has 6 heteroatoms. The third-order valence-electron chi connectivity index (χ3n) is 2.34. The van der Waals surface area contributed by atoms with E-state index in [9.17, 15) is 8.42 Å². The molecule has 18 heavy (non-hydrogen) atoms. The van der Waals surface area contributed by atoms with Gasteiger partial charge in [0.1, 0.15) is 5.75 Å². The molecule has 0 saturated carbocycles. The number of ether oxygens (including phenoxy) is 1. The summed E-state index contributed by atoms with van der Waals surface area (Å²) in [5.74, 6) is 0.387. The Bertz CT molecular complexity index is 488. The van der Waals surface area contributed by atoms with Crippen LogP contribution in [-0.2, 0) is 10.0 Å². The Morgan fingerprint density at radius 2 is 2.06 bits per heavy atom. The zero-order chi connectivity index (χ0) is 13.6. The standard InChI is InChI=1S/C12H18ClNO3S/c1-3-5-8-14-18(15,16)10-6-7-11(13)12(9-10)17-4-2/h6-7,9,14H,3-5,8H2,1-2H3. The number of benzene rings is 1. The molecule has 0 bridgehead atoms. The average Bonchev–Trinajstić information content (AvgIpc) is 2.32. The maximum atomic E-state index is 12.0. The van der Waals surface area contributed by atoms with Crippen molar-refractivity contribution in [1.82, 2.24) is 4.72 Å². The van der Waals surface area contributed by atoms with Crippen LogP contribution in [0.2, 0.25) is 5.02 Å². The summed E-state index contributed by atoms with van der Waals surface area (Å²) in [4.78, 5) is 0.173. The Labute approximate surface area is 113 Å². The molecule has 102 valence electrons. The Balaban J connectivity index is 2.91. The fourth-order valence-corrected chi connectivity index (χ4v) is 2.64. The summed E-state index contributed by atoms with van der Waals surface area (Å²) >= 11 is 5.91. The lowest BCUT2D eigenvalue weighted by atomic mass is 10.3. The van der Waals surface area contributed by atoms with Crippen LogP contribution in [0, 0.1) is 0 Å². The number of nitrogens with one attached hydrogen (secondary N) is 1. The second-order valence-corrected chi connectivity index (χ2v) is 5.95. The molecule has 0 aromatic heterocycles. The number of rotatable bonds is 7. The minimum atomic E-state index is -3.48. The molecular formula is C12H18ClNO3S. The lowest BCUT2D eigenvalue weighted by Gasteiger charge is -2.09. The number of hydrogen-bond donors (Lipinski definition) is 1. The molecular weight excluding hydrogens is 274 g/mol. The molecule has 0 aliphatic rings. The third kappa shape index (κ3) is 4.15. The van der Waals surface area contributed by atoms with Crippen LogP contribution in [0.15, 0.2) is 23.1 Å². The second kappa shape index (κ2) is 6.97. The van der Waals surface area contributed by atoms with E-state index in [0.29, 0.717) is 23.9 Å². The van der Waals surface area contributed by atoms with Gasteiger partial charge in [0.05, 0.1) is 16.5 Å². The van der Waals surface area contributed by atoms with Gasteiger partial charge < -0.3 is 4.74 Å². The molecule has 0 saturated heterocycles. The van der Waals surface area contributed by atoms with Crippen molar-refractivity contribution in [1.29, 1.82) is 0 Å². The molecule has 0 aliphatic carbocycles. The first-order valence-electron chi connectivity index (χ1n) is 5.93. The van der Waals surface area contributed by atoms with E-state index in [1.54, 1.807) is 0 Å².